The molecule has 3 aromatic heterocycles. The monoisotopic (exact) mass is 333 g/mol. The van der Waals surface area contributed by atoms with E-state index in [1.165, 1.54) is 0 Å². The van der Waals surface area contributed by atoms with Gasteiger partial charge in [0.1, 0.15) is 28.5 Å². The van der Waals surface area contributed by atoms with Gasteiger partial charge in [-0.15, -0.1) is 11.3 Å². The highest BCUT2D eigenvalue weighted by Gasteiger charge is 2.12. The topological polar surface area (TPSA) is 51.0 Å². The van der Waals surface area contributed by atoms with Crippen molar-refractivity contribution in [1.29, 1.82) is 0 Å². The Hall–Kier alpha value is -2.92. The van der Waals surface area contributed by atoms with Crippen molar-refractivity contribution in [2.45, 2.75) is 6.92 Å². The van der Waals surface area contributed by atoms with Crippen LogP contribution in [0.5, 0.6) is 0 Å². The predicted molar refractivity (Wildman–Crippen MR) is 99.7 cm³/mol. The molecule has 0 atom stereocenters. The molecule has 0 aliphatic heterocycles. The van der Waals surface area contributed by atoms with Crippen molar-refractivity contribution in [3.8, 4) is 11.3 Å². The Balaban J connectivity index is 1.81. The van der Waals surface area contributed by atoms with E-state index in [0.29, 0.717) is 0 Å². The number of aromatic nitrogens is 2. The van der Waals surface area contributed by atoms with Gasteiger partial charge < -0.3 is 9.73 Å². The Morgan fingerprint density at radius 1 is 1.17 bits per heavy atom. The molecule has 0 aliphatic carbocycles. The third-order valence-corrected chi connectivity index (χ3v) is 4.65. The summed E-state index contributed by atoms with van der Waals surface area (Å²) in [5.74, 6) is 2.50. The van der Waals surface area contributed by atoms with Gasteiger partial charge in [0.15, 0.2) is 0 Å². The number of fused-ring (bicyclic) bond motifs is 1. The number of furan rings is 1. The Kier molecular flexibility index (Phi) is 3.63. The second-order valence-corrected chi connectivity index (χ2v) is 6.26. The van der Waals surface area contributed by atoms with E-state index in [4.69, 9.17) is 4.42 Å². The summed E-state index contributed by atoms with van der Waals surface area (Å²) in [6.45, 7) is 5.90. The highest BCUT2D eigenvalue weighted by Crippen LogP contribution is 2.34. The molecule has 0 aliphatic rings. The van der Waals surface area contributed by atoms with Crippen LogP contribution in [0, 0.1) is 6.92 Å². The highest BCUT2D eigenvalue weighted by molar-refractivity contribution is 7.16. The van der Waals surface area contributed by atoms with E-state index >= 15 is 0 Å². The smallest absolute Gasteiger partial charge is 0.142 e. The lowest BCUT2D eigenvalue weighted by molar-refractivity contribution is 0.548. The van der Waals surface area contributed by atoms with Gasteiger partial charge in [0, 0.05) is 16.8 Å². The van der Waals surface area contributed by atoms with Gasteiger partial charge in [-0.2, -0.15) is 0 Å². The van der Waals surface area contributed by atoms with Crippen LogP contribution in [0.25, 0.3) is 27.6 Å². The Morgan fingerprint density at radius 3 is 2.88 bits per heavy atom. The normalized spacial score (nSPS) is 10.9. The standard InChI is InChI=1S/C19H15N3OS/c1-3-13-14(17-8-7-12(2)23-17)5-4-6-16(13)22-18-15-9-10-24-19(15)21-11-20-18/h3-11H,1H2,2H3,(H,20,21,22). The fraction of sp³-hybridized carbons (Fsp3) is 0.0526. The third-order valence-electron chi connectivity index (χ3n) is 3.83. The van der Waals surface area contributed by atoms with Crippen molar-refractivity contribution >= 4 is 39.1 Å². The lowest BCUT2D eigenvalue weighted by Crippen LogP contribution is -1.97. The van der Waals surface area contributed by atoms with Crippen LogP contribution in [0.3, 0.4) is 0 Å². The molecule has 0 amide bonds. The molecule has 5 heteroatoms. The van der Waals surface area contributed by atoms with Gasteiger partial charge in [-0.1, -0.05) is 24.8 Å². The first-order valence-corrected chi connectivity index (χ1v) is 8.41. The molecular weight excluding hydrogens is 318 g/mol. The molecule has 4 aromatic rings. The quantitative estimate of drug-likeness (QED) is 0.524. The highest BCUT2D eigenvalue weighted by atomic mass is 32.1. The first-order chi connectivity index (χ1) is 11.8. The van der Waals surface area contributed by atoms with Crippen molar-refractivity contribution in [2.75, 3.05) is 5.32 Å². The van der Waals surface area contributed by atoms with Crippen LogP contribution in [0.2, 0.25) is 0 Å². The zero-order valence-corrected chi connectivity index (χ0v) is 13.9. The average molecular weight is 333 g/mol. The fourth-order valence-electron chi connectivity index (χ4n) is 2.71. The number of rotatable bonds is 4. The maximum absolute atomic E-state index is 5.78. The molecule has 24 heavy (non-hydrogen) atoms. The number of nitrogens with zero attached hydrogens (tertiary/aromatic N) is 2. The van der Waals surface area contributed by atoms with Gasteiger partial charge in [0.2, 0.25) is 0 Å². The molecule has 0 unspecified atom stereocenters. The molecule has 1 N–H and O–H groups in total. The van der Waals surface area contributed by atoms with Gasteiger partial charge in [-0.05, 0) is 36.6 Å². The Labute approximate surface area is 143 Å². The number of hydrogen-bond donors (Lipinski definition) is 1. The minimum atomic E-state index is 0.789. The summed E-state index contributed by atoms with van der Waals surface area (Å²) < 4.78 is 5.78. The van der Waals surface area contributed by atoms with E-state index < -0.39 is 0 Å². The Bertz CT molecular complexity index is 1030. The molecule has 0 saturated carbocycles. The van der Waals surface area contributed by atoms with E-state index in [2.05, 4.69) is 21.9 Å². The SMILES string of the molecule is C=Cc1c(Nc2ncnc3sccc23)cccc1-c1ccc(C)o1. The summed E-state index contributed by atoms with van der Waals surface area (Å²) in [6, 6.07) is 12.0. The molecule has 0 bridgehead atoms. The van der Waals surface area contributed by atoms with Crippen molar-refractivity contribution < 1.29 is 4.42 Å². The number of aryl methyl sites for hydroxylation is 1. The molecule has 3 heterocycles. The van der Waals surface area contributed by atoms with Crippen molar-refractivity contribution in [2.24, 2.45) is 0 Å². The molecule has 0 spiro atoms. The summed E-state index contributed by atoms with van der Waals surface area (Å²) in [5, 5.41) is 6.44. The largest absolute Gasteiger partial charge is 0.461 e. The van der Waals surface area contributed by atoms with E-state index in [1.54, 1.807) is 17.7 Å². The number of hydrogen-bond acceptors (Lipinski definition) is 5. The van der Waals surface area contributed by atoms with Crippen LogP contribution in [-0.4, -0.2) is 9.97 Å². The van der Waals surface area contributed by atoms with Crippen molar-refractivity contribution in [3.63, 3.8) is 0 Å². The van der Waals surface area contributed by atoms with Crippen molar-refractivity contribution in [1.82, 2.24) is 9.97 Å². The molecule has 4 nitrogen and oxygen atoms in total. The van der Waals surface area contributed by atoms with Crippen LogP contribution in [0.1, 0.15) is 11.3 Å². The Morgan fingerprint density at radius 2 is 2.08 bits per heavy atom. The zero-order chi connectivity index (χ0) is 16.5. The molecule has 118 valence electrons. The van der Waals surface area contributed by atoms with Gasteiger partial charge in [0.25, 0.3) is 0 Å². The summed E-state index contributed by atoms with van der Waals surface area (Å²) in [4.78, 5) is 9.63. The number of nitrogens with one attached hydrogen (secondary N) is 1. The summed E-state index contributed by atoms with van der Waals surface area (Å²) in [5.41, 5.74) is 2.91. The first-order valence-electron chi connectivity index (χ1n) is 7.54. The first kappa shape index (κ1) is 14.7. The van der Waals surface area contributed by atoms with Crippen molar-refractivity contribution in [3.05, 3.63) is 66.0 Å². The molecular formula is C19H15N3OS. The summed E-state index contributed by atoms with van der Waals surface area (Å²) >= 11 is 1.60. The van der Waals surface area contributed by atoms with Gasteiger partial charge >= 0.3 is 0 Å². The third kappa shape index (κ3) is 2.49. The van der Waals surface area contributed by atoms with E-state index in [-0.39, 0.29) is 0 Å². The van der Waals surface area contributed by atoms with Crippen LogP contribution >= 0.6 is 11.3 Å². The minimum Gasteiger partial charge on any atom is -0.461 e. The van der Waals surface area contributed by atoms with E-state index in [9.17, 15) is 0 Å². The minimum absolute atomic E-state index is 0.789. The summed E-state index contributed by atoms with van der Waals surface area (Å²) in [6.07, 6.45) is 3.41. The van der Waals surface area contributed by atoms with Crippen LogP contribution in [-0.2, 0) is 0 Å². The maximum Gasteiger partial charge on any atom is 0.142 e. The van der Waals surface area contributed by atoms with Gasteiger partial charge in [-0.3, -0.25) is 0 Å². The average Bonchev–Trinajstić information content (AvgIpc) is 3.24. The molecule has 1 aromatic carbocycles. The van der Waals surface area contributed by atoms with Gasteiger partial charge in [-0.25, -0.2) is 9.97 Å². The van der Waals surface area contributed by atoms with Crippen LogP contribution < -0.4 is 5.32 Å². The number of benzene rings is 1. The maximum atomic E-state index is 5.78. The number of anilines is 2. The van der Waals surface area contributed by atoms with E-state index in [1.807, 2.05) is 54.8 Å². The lowest BCUT2D eigenvalue weighted by Gasteiger charge is -2.12. The second kappa shape index (κ2) is 5.94. The predicted octanol–water partition coefficient (Wildman–Crippen LogP) is 5.65. The summed E-state index contributed by atoms with van der Waals surface area (Å²) in [7, 11) is 0. The second-order valence-electron chi connectivity index (χ2n) is 5.37. The van der Waals surface area contributed by atoms with Gasteiger partial charge in [0.05, 0.1) is 5.39 Å². The fourth-order valence-corrected chi connectivity index (χ4v) is 3.44. The lowest BCUT2D eigenvalue weighted by atomic mass is 10.0. The van der Waals surface area contributed by atoms with Crippen LogP contribution in [0.15, 0.2) is 59.1 Å². The zero-order valence-electron chi connectivity index (χ0n) is 13.1. The van der Waals surface area contributed by atoms with Crippen LogP contribution in [0.4, 0.5) is 11.5 Å². The molecule has 0 saturated heterocycles. The number of thiophene rings is 1. The molecule has 4 rings (SSSR count). The molecule has 0 fully saturated rings. The molecule has 0 radical (unpaired) electrons. The van der Waals surface area contributed by atoms with E-state index in [0.717, 1.165) is 44.4 Å².